The molecule has 0 amide bonds. The molecule has 0 spiro atoms. The van der Waals surface area contributed by atoms with Crippen LogP contribution in [-0.4, -0.2) is 6.54 Å². The fraction of sp³-hybridized carbons (Fsp3) is 0.158. The summed E-state index contributed by atoms with van der Waals surface area (Å²) in [6.07, 6.45) is 2.64. The first-order chi connectivity index (χ1) is 10.4. The van der Waals surface area contributed by atoms with E-state index >= 15 is 0 Å². The SMILES string of the molecule is c1coc(CCNC2c3ccccc3-c3ccccc32)c1. The zero-order valence-electron chi connectivity index (χ0n) is 11.8. The Kier molecular flexibility index (Phi) is 3.09. The van der Waals surface area contributed by atoms with Crippen molar-refractivity contribution in [1.29, 1.82) is 0 Å². The summed E-state index contributed by atoms with van der Waals surface area (Å²) in [5.41, 5.74) is 5.45. The van der Waals surface area contributed by atoms with Gasteiger partial charge < -0.3 is 9.73 Å². The highest BCUT2D eigenvalue weighted by molar-refractivity contribution is 5.78. The van der Waals surface area contributed by atoms with Gasteiger partial charge in [-0.2, -0.15) is 0 Å². The molecule has 0 atom stereocenters. The molecule has 2 heteroatoms. The maximum absolute atomic E-state index is 5.40. The molecule has 0 unspecified atom stereocenters. The lowest BCUT2D eigenvalue weighted by atomic mass is 10.1. The minimum atomic E-state index is 0.285. The van der Waals surface area contributed by atoms with Crippen molar-refractivity contribution in [3.63, 3.8) is 0 Å². The molecule has 0 aliphatic heterocycles. The lowest BCUT2D eigenvalue weighted by Crippen LogP contribution is -2.23. The smallest absolute Gasteiger partial charge is 0.105 e. The molecule has 2 aromatic carbocycles. The Morgan fingerprint density at radius 3 is 2.10 bits per heavy atom. The second-order valence-electron chi connectivity index (χ2n) is 5.39. The fourth-order valence-corrected chi connectivity index (χ4v) is 3.17. The third kappa shape index (κ3) is 2.18. The molecular weight excluding hydrogens is 258 g/mol. The van der Waals surface area contributed by atoms with Crippen LogP contribution in [0.3, 0.4) is 0 Å². The van der Waals surface area contributed by atoms with E-state index in [1.54, 1.807) is 6.26 Å². The Hall–Kier alpha value is -2.32. The molecule has 0 fully saturated rings. The maximum atomic E-state index is 5.40. The highest BCUT2D eigenvalue weighted by Crippen LogP contribution is 2.42. The van der Waals surface area contributed by atoms with Crippen LogP contribution >= 0.6 is 0 Å². The molecule has 21 heavy (non-hydrogen) atoms. The summed E-state index contributed by atoms with van der Waals surface area (Å²) in [5.74, 6) is 1.03. The van der Waals surface area contributed by atoms with Gasteiger partial charge in [-0.25, -0.2) is 0 Å². The Morgan fingerprint density at radius 2 is 1.48 bits per heavy atom. The predicted molar refractivity (Wildman–Crippen MR) is 84.1 cm³/mol. The molecule has 0 saturated heterocycles. The molecule has 0 bridgehead atoms. The van der Waals surface area contributed by atoms with Gasteiger partial charge in [-0.1, -0.05) is 48.5 Å². The van der Waals surface area contributed by atoms with Crippen LogP contribution in [0.4, 0.5) is 0 Å². The van der Waals surface area contributed by atoms with Gasteiger partial charge in [-0.3, -0.25) is 0 Å². The second kappa shape index (κ2) is 5.23. The summed E-state index contributed by atoms with van der Waals surface area (Å²) in [7, 11) is 0. The molecule has 104 valence electrons. The van der Waals surface area contributed by atoms with E-state index in [1.165, 1.54) is 22.3 Å². The number of rotatable bonds is 4. The average molecular weight is 275 g/mol. The standard InChI is InChI=1S/C19H17NO/c1-3-9-17-15(7-1)16-8-2-4-10-18(16)19(17)20-12-11-14-6-5-13-21-14/h1-10,13,19-20H,11-12H2. The maximum Gasteiger partial charge on any atom is 0.105 e. The molecule has 2 nitrogen and oxygen atoms in total. The Bertz CT molecular complexity index is 700. The molecule has 1 N–H and O–H groups in total. The van der Waals surface area contributed by atoms with Crippen molar-refractivity contribution in [3.8, 4) is 11.1 Å². The van der Waals surface area contributed by atoms with Crippen molar-refractivity contribution < 1.29 is 4.42 Å². The normalized spacial score (nSPS) is 13.1. The van der Waals surface area contributed by atoms with Gasteiger partial charge in [0.1, 0.15) is 5.76 Å². The Morgan fingerprint density at radius 1 is 0.810 bits per heavy atom. The number of nitrogens with one attached hydrogen (secondary N) is 1. The minimum Gasteiger partial charge on any atom is -0.469 e. The third-order valence-electron chi connectivity index (χ3n) is 4.13. The summed E-state index contributed by atoms with van der Waals surface area (Å²) in [4.78, 5) is 0. The van der Waals surface area contributed by atoms with Crippen molar-refractivity contribution in [3.05, 3.63) is 83.8 Å². The van der Waals surface area contributed by atoms with E-state index in [-0.39, 0.29) is 6.04 Å². The second-order valence-corrected chi connectivity index (χ2v) is 5.39. The van der Waals surface area contributed by atoms with E-state index in [0.717, 1.165) is 18.7 Å². The Labute approximate surface area is 124 Å². The van der Waals surface area contributed by atoms with E-state index in [9.17, 15) is 0 Å². The average Bonchev–Trinajstić information content (AvgIpc) is 3.15. The molecule has 1 aromatic heterocycles. The summed E-state index contributed by atoms with van der Waals surface area (Å²) in [5, 5.41) is 3.67. The molecule has 1 heterocycles. The van der Waals surface area contributed by atoms with Gasteiger partial charge in [0.2, 0.25) is 0 Å². The number of furan rings is 1. The van der Waals surface area contributed by atoms with Crippen molar-refractivity contribution in [2.45, 2.75) is 12.5 Å². The van der Waals surface area contributed by atoms with Crippen LogP contribution in [-0.2, 0) is 6.42 Å². The quantitative estimate of drug-likeness (QED) is 0.772. The molecule has 3 aromatic rings. The number of benzene rings is 2. The first-order valence-electron chi connectivity index (χ1n) is 7.37. The predicted octanol–water partition coefficient (Wildman–Crippen LogP) is 4.18. The van der Waals surface area contributed by atoms with Crippen LogP contribution in [0.1, 0.15) is 22.9 Å². The fourth-order valence-electron chi connectivity index (χ4n) is 3.17. The summed E-state index contributed by atoms with van der Waals surface area (Å²) in [6.45, 7) is 0.904. The van der Waals surface area contributed by atoms with E-state index in [2.05, 4.69) is 53.8 Å². The van der Waals surface area contributed by atoms with Gasteiger partial charge in [-0.05, 0) is 34.4 Å². The van der Waals surface area contributed by atoms with Gasteiger partial charge in [0.05, 0.1) is 12.3 Å². The molecular formula is C19H17NO. The van der Waals surface area contributed by atoms with Gasteiger partial charge in [0.25, 0.3) is 0 Å². The van der Waals surface area contributed by atoms with Gasteiger partial charge in [0, 0.05) is 13.0 Å². The van der Waals surface area contributed by atoms with Gasteiger partial charge >= 0.3 is 0 Å². The van der Waals surface area contributed by atoms with Gasteiger partial charge in [0.15, 0.2) is 0 Å². The topological polar surface area (TPSA) is 25.2 Å². The van der Waals surface area contributed by atoms with Crippen molar-refractivity contribution in [2.75, 3.05) is 6.54 Å². The molecule has 4 rings (SSSR count). The van der Waals surface area contributed by atoms with Crippen molar-refractivity contribution in [1.82, 2.24) is 5.32 Å². The number of fused-ring (bicyclic) bond motifs is 3. The molecule has 0 saturated carbocycles. The number of hydrogen-bond acceptors (Lipinski definition) is 2. The van der Waals surface area contributed by atoms with Crippen LogP contribution in [0, 0.1) is 0 Å². The zero-order valence-corrected chi connectivity index (χ0v) is 11.8. The van der Waals surface area contributed by atoms with Gasteiger partial charge in [-0.15, -0.1) is 0 Å². The van der Waals surface area contributed by atoms with Crippen molar-refractivity contribution >= 4 is 0 Å². The third-order valence-corrected chi connectivity index (χ3v) is 4.13. The van der Waals surface area contributed by atoms with E-state index < -0.39 is 0 Å². The lowest BCUT2D eigenvalue weighted by Gasteiger charge is -2.15. The monoisotopic (exact) mass is 275 g/mol. The highest BCUT2D eigenvalue weighted by atomic mass is 16.3. The van der Waals surface area contributed by atoms with E-state index in [1.807, 2.05) is 12.1 Å². The van der Waals surface area contributed by atoms with E-state index in [4.69, 9.17) is 4.42 Å². The largest absolute Gasteiger partial charge is 0.469 e. The van der Waals surface area contributed by atoms with Crippen LogP contribution < -0.4 is 5.32 Å². The highest BCUT2D eigenvalue weighted by Gasteiger charge is 2.27. The van der Waals surface area contributed by atoms with Crippen molar-refractivity contribution in [2.24, 2.45) is 0 Å². The zero-order chi connectivity index (χ0) is 14.1. The number of hydrogen-bond donors (Lipinski definition) is 1. The van der Waals surface area contributed by atoms with Crippen LogP contribution in [0.2, 0.25) is 0 Å². The van der Waals surface area contributed by atoms with Crippen LogP contribution in [0.25, 0.3) is 11.1 Å². The summed E-state index contributed by atoms with van der Waals surface area (Å²) < 4.78 is 5.40. The Balaban J connectivity index is 1.59. The first-order valence-corrected chi connectivity index (χ1v) is 7.37. The summed E-state index contributed by atoms with van der Waals surface area (Å²) in [6, 6.07) is 21.6. The minimum absolute atomic E-state index is 0.285. The van der Waals surface area contributed by atoms with E-state index in [0.29, 0.717) is 0 Å². The molecule has 1 aliphatic rings. The van der Waals surface area contributed by atoms with Crippen LogP contribution in [0.5, 0.6) is 0 Å². The van der Waals surface area contributed by atoms with Crippen LogP contribution in [0.15, 0.2) is 71.3 Å². The summed E-state index contributed by atoms with van der Waals surface area (Å²) >= 11 is 0. The molecule has 0 radical (unpaired) electrons. The lowest BCUT2D eigenvalue weighted by molar-refractivity contribution is 0.492. The molecule has 1 aliphatic carbocycles. The first kappa shape index (κ1) is 12.4.